The third-order valence-electron chi connectivity index (χ3n) is 2.68. The summed E-state index contributed by atoms with van der Waals surface area (Å²) in [5, 5.41) is 3.40. The van der Waals surface area contributed by atoms with Crippen LogP contribution in [0.25, 0.3) is 0 Å². The monoisotopic (exact) mass is 290 g/mol. The SMILES string of the molecule is CC(C)C(CN)CN(C)c1cc(Br)cs1. The van der Waals surface area contributed by atoms with Gasteiger partial charge >= 0.3 is 0 Å². The molecule has 1 aromatic rings. The van der Waals surface area contributed by atoms with Crippen molar-refractivity contribution < 1.29 is 0 Å². The van der Waals surface area contributed by atoms with Gasteiger partial charge in [0, 0.05) is 23.4 Å². The molecule has 0 aromatic carbocycles. The molecule has 2 nitrogen and oxygen atoms in total. The summed E-state index contributed by atoms with van der Waals surface area (Å²) in [7, 11) is 2.13. The average Bonchev–Trinajstić information content (AvgIpc) is 2.60. The maximum atomic E-state index is 5.77. The zero-order chi connectivity index (χ0) is 11.4. The fourth-order valence-electron chi connectivity index (χ4n) is 1.50. The third kappa shape index (κ3) is 3.78. The molecule has 4 heteroatoms. The Bertz CT molecular complexity index is 299. The second-order valence-electron chi connectivity index (χ2n) is 4.22. The normalized spacial score (nSPS) is 13.2. The van der Waals surface area contributed by atoms with Gasteiger partial charge in [-0.3, -0.25) is 0 Å². The first-order chi connectivity index (χ1) is 7.04. The van der Waals surface area contributed by atoms with Crippen molar-refractivity contribution in [3.8, 4) is 0 Å². The van der Waals surface area contributed by atoms with Crippen molar-refractivity contribution in [1.29, 1.82) is 0 Å². The summed E-state index contributed by atoms with van der Waals surface area (Å²) in [6.07, 6.45) is 0. The van der Waals surface area contributed by atoms with Gasteiger partial charge in [-0.25, -0.2) is 0 Å². The van der Waals surface area contributed by atoms with E-state index in [0.29, 0.717) is 11.8 Å². The minimum absolute atomic E-state index is 0.566. The molecule has 0 spiro atoms. The summed E-state index contributed by atoms with van der Waals surface area (Å²) in [5.74, 6) is 1.21. The first kappa shape index (κ1) is 13.0. The summed E-state index contributed by atoms with van der Waals surface area (Å²) in [6, 6.07) is 2.15. The van der Waals surface area contributed by atoms with Crippen molar-refractivity contribution in [2.45, 2.75) is 13.8 Å². The Morgan fingerprint density at radius 1 is 1.53 bits per heavy atom. The molecule has 0 amide bonds. The Morgan fingerprint density at radius 3 is 2.60 bits per heavy atom. The molecule has 0 fully saturated rings. The Labute approximate surface area is 105 Å². The molecule has 0 aliphatic rings. The lowest BCUT2D eigenvalue weighted by Crippen LogP contribution is -2.32. The van der Waals surface area contributed by atoms with Gasteiger partial charge in [-0.05, 0) is 40.4 Å². The number of halogens is 1. The van der Waals surface area contributed by atoms with Gasteiger partial charge in [-0.1, -0.05) is 13.8 Å². The fourth-order valence-corrected chi connectivity index (χ4v) is 2.90. The number of thiophene rings is 1. The van der Waals surface area contributed by atoms with Crippen LogP contribution in [0.4, 0.5) is 5.00 Å². The zero-order valence-electron chi connectivity index (χ0n) is 9.53. The van der Waals surface area contributed by atoms with Gasteiger partial charge in [-0.2, -0.15) is 0 Å². The van der Waals surface area contributed by atoms with Crippen molar-refractivity contribution in [2.75, 3.05) is 25.0 Å². The van der Waals surface area contributed by atoms with Gasteiger partial charge in [0.25, 0.3) is 0 Å². The molecule has 0 radical (unpaired) electrons. The van der Waals surface area contributed by atoms with E-state index in [9.17, 15) is 0 Å². The number of anilines is 1. The lowest BCUT2D eigenvalue weighted by molar-refractivity contribution is 0.398. The highest BCUT2D eigenvalue weighted by Gasteiger charge is 2.15. The van der Waals surface area contributed by atoms with E-state index >= 15 is 0 Å². The van der Waals surface area contributed by atoms with E-state index in [2.05, 4.69) is 53.2 Å². The van der Waals surface area contributed by atoms with E-state index in [0.717, 1.165) is 17.6 Å². The standard InChI is InChI=1S/C11H19BrN2S/c1-8(2)9(5-13)6-14(3)11-4-10(12)7-15-11/h4,7-9H,5-6,13H2,1-3H3. The van der Waals surface area contributed by atoms with Crippen molar-refractivity contribution in [3.63, 3.8) is 0 Å². The molecule has 0 saturated carbocycles. The van der Waals surface area contributed by atoms with Crippen LogP contribution < -0.4 is 10.6 Å². The van der Waals surface area contributed by atoms with E-state index < -0.39 is 0 Å². The van der Waals surface area contributed by atoms with Crippen LogP contribution in [-0.2, 0) is 0 Å². The van der Waals surface area contributed by atoms with Crippen LogP contribution in [-0.4, -0.2) is 20.1 Å². The number of hydrogen-bond donors (Lipinski definition) is 1. The molecule has 0 aliphatic carbocycles. The first-order valence-electron chi connectivity index (χ1n) is 5.19. The second kappa shape index (κ2) is 5.87. The minimum atomic E-state index is 0.566. The van der Waals surface area contributed by atoms with Gasteiger partial charge in [0.2, 0.25) is 0 Å². The minimum Gasteiger partial charge on any atom is -0.366 e. The smallest absolute Gasteiger partial charge is 0.0917 e. The van der Waals surface area contributed by atoms with Gasteiger partial charge < -0.3 is 10.6 Å². The molecule has 1 unspecified atom stereocenters. The predicted molar refractivity (Wildman–Crippen MR) is 72.7 cm³/mol. The van der Waals surface area contributed by atoms with Gasteiger partial charge in [0.15, 0.2) is 0 Å². The summed E-state index contributed by atoms with van der Waals surface area (Å²) in [6.45, 7) is 6.25. The predicted octanol–water partition coefficient (Wildman–Crippen LogP) is 3.18. The largest absolute Gasteiger partial charge is 0.366 e. The molecule has 1 heterocycles. The van der Waals surface area contributed by atoms with E-state index in [1.165, 1.54) is 5.00 Å². The van der Waals surface area contributed by atoms with Crippen LogP contribution >= 0.6 is 27.3 Å². The molecule has 2 N–H and O–H groups in total. The van der Waals surface area contributed by atoms with Crippen molar-refractivity contribution in [3.05, 3.63) is 15.9 Å². The van der Waals surface area contributed by atoms with Crippen molar-refractivity contribution in [2.24, 2.45) is 17.6 Å². The van der Waals surface area contributed by atoms with E-state index in [-0.39, 0.29) is 0 Å². The van der Waals surface area contributed by atoms with Gasteiger partial charge in [0.05, 0.1) is 5.00 Å². The van der Waals surface area contributed by atoms with Crippen molar-refractivity contribution in [1.82, 2.24) is 0 Å². The van der Waals surface area contributed by atoms with E-state index in [4.69, 9.17) is 5.73 Å². The Morgan fingerprint density at radius 2 is 2.20 bits per heavy atom. The number of hydrogen-bond acceptors (Lipinski definition) is 3. The van der Waals surface area contributed by atoms with E-state index in [1.54, 1.807) is 11.3 Å². The van der Waals surface area contributed by atoms with Crippen LogP contribution in [0.15, 0.2) is 15.9 Å². The maximum Gasteiger partial charge on any atom is 0.0917 e. The number of nitrogens with zero attached hydrogens (tertiary/aromatic N) is 1. The third-order valence-corrected chi connectivity index (χ3v) is 4.49. The highest BCUT2D eigenvalue weighted by molar-refractivity contribution is 9.10. The highest BCUT2D eigenvalue weighted by atomic mass is 79.9. The molecule has 86 valence electrons. The quantitative estimate of drug-likeness (QED) is 0.903. The lowest BCUT2D eigenvalue weighted by atomic mass is 9.96. The zero-order valence-corrected chi connectivity index (χ0v) is 11.9. The molecule has 15 heavy (non-hydrogen) atoms. The van der Waals surface area contributed by atoms with Crippen LogP contribution in [0, 0.1) is 11.8 Å². The van der Waals surface area contributed by atoms with E-state index in [1.807, 2.05) is 0 Å². The highest BCUT2D eigenvalue weighted by Crippen LogP contribution is 2.28. The number of rotatable bonds is 5. The van der Waals surface area contributed by atoms with Gasteiger partial charge in [0.1, 0.15) is 0 Å². The molecule has 0 aliphatic heterocycles. The molecule has 0 bridgehead atoms. The Kier molecular flexibility index (Phi) is 5.09. The molecular weight excluding hydrogens is 272 g/mol. The van der Waals surface area contributed by atoms with Crippen LogP contribution in [0.2, 0.25) is 0 Å². The average molecular weight is 291 g/mol. The molecule has 0 saturated heterocycles. The fraction of sp³-hybridized carbons (Fsp3) is 0.636. The summed E-state index contributed by atoms with van der Waals surface area (Å²) in [4.78, 5) is 2.28. The lowest BCUT2D eigenvalue weighted by Gasteiger charge is -2.26. The maximum absolute atomic E-state index is 5.77. The molecule has 1 aromatic heterocycles. The van der Waals surface area contributed by atoms with Crippen LogP contribution in [0.1, 0.15) is 13.8 Å². The molecule has 1 rings (SSSR count). The molecule has 1 atom stereocenters. The number of nitrogens with two attached hydrogens (primary N) is 1. The first-order valence-corrected chi connectivity index (χ1v) is 6.87. The Balaban J connectivity index is 2.58. The van der Waals surface area contributed by atoms with Crippen LogP contribution in [0.5, 0.6) is 0 Å². The topological polar surface area (TPSA) is 29.3 Å². The van der Waals surface area contributed by atoms with Crippen LogP contribution in [0.3, 0.4) is 0 Å². The Hall–Kier alpha value is -0.0600. The summed E-state index contributed by atoms with van der Waals surface area (Å²) < 4.78 is 1.16. The second-order valence-corrected chi connectivity index (χ2v) is 6.03. The summed E-state index contributed by atoms with van der Waals surface area (Å²) in [5.41, 5.74) is 5.77. The van der Waals surface area contributed by atoms with Gasteiger partial charge in [-0.15, -0.1) is 11.3 Å². The summed E-state index contributed by atoms with van der Waals surface area (Å²) >= 11 is 5.23. The van der Waals surface area contributed by atoms with Crippen molar-refractivity contribution >= 4 is 32.3 Å². The molecular formula is C11H19BrN2S.